The number of amides is 1. The van der Waals surface area contributed by atoms with Gasteiger partial charge < -0.3 is 9.64 Å². The zero-order chi connectivity index (χ0) is 21.1. The van der Waals surface area contributed by atoms with E-state index in [1.807, 2.05) is 13.8 Å². The fourth-order valence-corrected chi connectivity index (χ4v) is 5.18. The first-order chi connectivity index (χ1) is 12.9. The predicted octanol–water partition coefficient (Wildman–Crippen LogP) is 3.85. The summed E-state index contributed by atoms with van der Waals surface area (Å²) in [6.45, 7) is 4.35. The molecule has 0 saturated heterocycles. The maximum atomic E-state index is 12.7. The molecule has 1 amide bonds. The van der Waals surface area contributed by atoms with E-state index in [2.05, 4.69) is 0 Å². The lowest BCUT2D eigenvalue weighted by atomic mass is 9.73. The van der Waals surface area contributed by atoms with Gasteiger partial charge in [0.2, 0.25) is 15.9 Å². The van der Waals surface area contributed by atoms with Gasteiger partial charge in [0.25, 0.3) is 0 Å². The van der Waals surface area contributed by atoms with Crippen LogP contribution in [0.1, 0.15) is 46.0 Å². The number of benzene rings is 1. The number of rotatable bonds is 7. The normalized spacial score (nSPS) is 25.4. The van der Waals surface area contributed by atoms with Crippen LogP contribution in [0.2, 0.25) is 10.0 Å². The van der Waals surface area contributed by atoms with E-state index in [-0.39, 0.29) is 11.8 Å². The van der Waals surface area contributed by atoms with E-state index in [0.717, 1.165) is 0 Å². The van der Waals surface area contributed by atoms with Crippen LogP contribution >= 0.6 is 23.2 Å². The van der Waals surface area contributed by atoms with Gasteiger partial charge in [0.15, 0.2) is 0 Å². The van der Waals surface area contributed by atoms with Gasteiger partial charge in [-0.1, -0.05) is 30.1 Å². The van der Waals surface area contributed by atoms with Crippen LogP contribution in [-0.4, -0.2) is 43.7 Å². The molecule has 2 N–H and O–H groups in total. The van der Waals surface area contributed by atoms with Crippen molar-refractivity contribution >= 4 is 39.1 Å². The molecule has 158 valence electrons. The van der Waals surface area contributed by atoms with Gasteiger partial charge in [-0.05, 0) is 56.7 Å². The Morgan fingerprint density at radius 1 is 1.39 bits per heavy atom. The summed E-state index contributed by atoms with van der Waals surface area (Å²) in [5.41, 5.74) is -0.390. The molecule has 2 rings (SSSR count). The molecule has 0 radical (unpaired) electrons. The molecule has 1 aliphatic rings. The van der Waals surface area contributed by atoms with Crippen molar-refractivity contribution in [2.24, 2.45) is 11.1 Å². The molecule has 0 aromatic heterocycles. The molecule has 3 atom stereocenters. The highest BCUT2D eigenvalue weighted by Crippen LogP contribution is 2.39. The SMILES string of the molecule is CC1CC(S(N)(=O)=O)CCC1(C)N(C)C(=O)CCCOc1ccc(Cl)cc1Cl. The third kappa shape index (κ3) is 5.53. The molecule has 0 heterocycles. The number of sulfonamides is 1. The minimum atomic E-state index is -3.54. The molecule has 28 heavy (non-hydrogen) atoms. The number of nitrogens with zero attached hydrogens (tertiary/aromatic N) is 1. The number of carbonyl (C=O) groups is 1. The molecule has 0 spiro atoms. The summed E-state index contributed by atoms with van der Waals surface area (Å²) in [5, 5.41) is 5.74. The topological polar surface area (TPSA) is 89.7 Å². The number of hydrogen-bond acceptors (Lipinski definition) is 4. The Labute approximate surface area is 177 Å². The highest BCUT2D eigenvalue weighted by atomic mass is 35.5. The molecule has 6 nitrogen and oxygen atoms in total. The maximum absolute atomic E-state index is 12.7. The van der Waals surface area contributed by atoms with Crippen LogP contribution in [0.4, 0.5) is 0 Å². The van der Waals surface area contributed by atoms with E-state index < -0.39 is 20.8 Å². The third-order valence-electron chi connectivity index (χ3n) is 5.94. The summed E-state index contributed by atoms with van der Waals surface area (Å²) >= 11 is 11.9. The number of hydrogen-bond donors (Lipinski definition) is 1. The molecule has 1 fully saturated rings. The van der Waals surface area contributed by atoms with Crippen molar-refractivity contribution in [1.82, 2.24) is 4.90 Å². The summed E-state index contributed by atoms with van der Waals surface area (Å²) in [6, 6.07) is 5.00. The fraction of sp³-hybridized carbons (Fsp3) is 0.632. The highest BCUT2D eigenvalue weighted by Gasteiger charge is 2.44. The summed E-state index contributed by atoms with van der Waals surface area (Å²) in [7, 11) is -1.76. The summed E-state index contributed by atoms with van der Waals surface area (Å²) in [5.74, 6) is 0.575. The molecule has 1 aliphatic carbocycles. The lowest BCUT2D eigenvalue weighted by Gasteiger charge is -2.48. The molecule has 0 aliphatic heterocycles. The lowest BCUT2D eigenvalue weighted by Crippen LogP contribution is -2.56. The first kappa shape index (κ1) is 23.3. The average Bonchev–Trinajstić information content (AvgIpc) is 2.60. The van der Waals surface area contributed by atoms with Crippen molar-refractivity contribution in [3.63, 3.8) is 0 Å². The standard InChI is InChI=1S/C19H28Cl2N2O4S/c1-13-11-15(28(22,25)26)8-9-19(13,2)23(3)18(24)5-4-10-27-17-7-6-14(20)12-16(17)21/h6-7,12-13,15H,4-5,8-11H2,1-3H3,(H2,22,25,26). The number of ether oxygens (including phenoxy) is 1. The zero-order valence-electron chi connectivity index (χ0n) is 16.5. The summed E-state index contributed by atoms with van der Waals surface area (Å²) in [4.78, 5) is 14.4. The Morgan fingerprint density at radius 2 is 2.07 bits per heavy atom. The molecule has 3 unspecified atom stereocenters. The molecular weight excluding hydrogens is 423 g/mol. The Hall–Kier alpha value is -1.02. The van der Waals surface area contributed by atoms with E-state index in [1.54, 1.807) is 30.1 Å². The van der Waals surface area contributed by atoms with Gasteiger partial charge in [0.05, 0.1) is 16.9 Å². The van der Waals surface area contributed by atoms with E-state index in [9.17, 15) is 13.2 Å². The quantitative estimate of drug-likeness (QED) is 0.638. The Kier molecular flexibility index (Phi) is 7.64. The second-order valence-corrected chi connectivity index (χ2v) is 10.4. The monoisotopic (exact) mass is 450 g/mol. The minimum absolute atomic E-state index is 0.00853. The first-order valence-corrected chi connectivity index (χ1v) is 11.7. The van der Waals surface area contributed by atoms with E-state index in [0.29, 0.717) is 54.5 Å². The predicted molar refractivity (Wildman–Crippen MR) is 112 cm³/mol. The second-order valence-electron chi connectivity index (χ2n) is 7.72. The van der Waals surface area contributed by atoms with Crippen LogP contribution in [-0.2, 0) is 14.8 Å². The van der Waals surface area contributed by atoms with Crippen LogP contribution in [0.3, 0.4) is 0 Å². The Bertz CT molecular complexity index is 818. The molecule has 0 bridgehead atoms. The van der Waals surface area contributed by atoms with E-state index >= 15 is 0 Å². The third-order valence-corrected chi connectivity index (χ3v) is 7.83. The molecule has 1 saturated carbocycles. The Morgan fingerprint density at radius 3 is 2.64 bits per heavy atom. The fourth-order valence-electron chi connectivity index (χ4n) is 3.71. The number of halogens is 2. The molecular formula is C19H28Cl2N2O4S. The van der Waals surface area contributed by atoms with Crippen molar-refractivity contribution in [3.05, 3.63) is 28.2 Å². The van der Waals surface area contributed by atoms with Gasteiger partial charge in [-0.3, -0.25) is 4.79 Å². The first-order valence-electron chi connectivity index (χ1n) is 9.31. The van der Waals surface area contributed by atoms with Crippen LogP contribution in [0, 0.1) is 5.92 Å². The number of nitrogens with two attached hydrogens (primary N) is 1. The van der Waals surface area contributed by atoms with Crippen LogP contribution in [0.25, 0.3) is 0 Å². The van der Waals surface area contributed by atoms with Crippen LogP contribution in [0.15, 0.2) is 18.2 Å². The van der Waals surface area contributed by atoms with Gasteiger partial charge in [0, 0.05) is 24.0 Å². The smallest absolute Gasteiger partial charge is 0.222 e. The van der Waals surface area contributed by atoms with E-state index in [1.165, 1.54) is 0 Å². The van der Waals surface area contributed by atoms with Crippen molar-refractivity contribution in [1.29, 1.82) is 0 Å². The van der Waals surface area contributed by atoms with Crippen molar-refractivity contribution in [3.8, 4) is 5.75 Å². The highest BCUT2D eigenvalue weighted by molar-refractivity contribution is 7.89. The van der Waals surface area contributed by atoms with Crippen LogP contribution < -0.4 is 9.88 Å². The molecule has 1 aromatic rings. The largest absolute Gasteiger partial charge is 0.492 e. The maximum Gasteiger partial charge on any atom is 0.222 e. The minimum Gasteiger partial charge on any atom is -0.492 e. The van der Waals surface area contributed by atoms with E-state index in [4.69, 9.17) is 33.1 Å². The van der Waals surface area contributed by atoms with Gasteiger partial charge in [-0.2, -0.15) is 0 Å². The van der Waals surface area contributed by atoms with Gasteiger partial charge >= 0.3 is 0 Å². The zero-order valence-corrected chi connectivity index (χ0v) is 18.8. The van der Waals surface area contributed by atoms with Crippen LogP contribution in [0.5, 0.6) is 5.75 Å². The summed E-state index contributed by atoms with van der Waals surface area (Å²) < 4.78 is 28.9. The van der Waals surface area contributed by atoms with Gasteiger partial charge in [-0.25, -0.2) is 13.6 Å². The van der Waals surface area contributed by atoms with Gasteiger partial charge in [0.1, 0.15) is 5.75 Å². The van der Waals surface area contributed by atoms with Crippen molar-refractivity contribution < 1.29 is 17.9 Å². The second kappa shape index (κ2) is 9.20. The molecule has 1 aromatic carbocycles. The van der Waals surface area contributed by atoms with Crippen molar-refractivity contribution in [2.75, 3.05) is 13.7 Å². The number of carbonyl (C=O) groups excluding carboxylic acids is 1. The van der Waals surface area contributed by atoms with Crippen molar-refractivity contribution in [2.45, 2.75) is 56.7 Å². The Balaban J connectivity index is 1.86. The average molecular weight is 451 g/mol. The number of primary sulfonamides is 1. The van der Waals surface area contributed by atoms with Gasteiger partial charge in [-0.15, -0.1) is 0 Å². The summed E-state index contributed by atoms with van der Waals surface area (Å²) in [6.07, 6.45) is 2.42. The molecule has 9 heteroatoms. The lowest BCUT2D eigenvalue weighted by molar-refractivity contribution is -0.138.